The molecule has 0 spiro atoms. The van der Waals surface area contributed by atoms with Gasteiger partial charge >= 0.3 is 0 Å². The van der Waals surface area contributed by atoms with E-state index >= 15 is 0 Å². The quantitative estimate of drug-likeness (QED) is 0.834. The summed E-state index contributed by atoms with van der Waals surface area (Å²) in [5, 5.41) is 3.44. The Morgan fingerprint density at radius 2 is 2.22 bits per heavy atom. The van der Waals surface area contributed by atoms with E-state index in [1.807, 2.05) is 13.0 Å². The zero-order valence-electron chi connectivity index (χ0n) is 10.1. The van der Waals surface area contributed by atoms with Crippen molar-refractivity contribution in [1.29, 1.82) is 0 Å². The van der Waals surface area contributed by atoms with Gasteiger partial charge < -0.3 is 11.1 Å². The van der Waals surface area contributed by atoms with E-state index in [4.69, 9.17) is 29.6 Å². The van der Waals surface area contributed by atoms with Crippen molar-refractivity contribution >= 4 is 34.7 Å². The summed E-state index contributed by atoms with van der Waals surface area (Å²) in [6.45, 7) is 1.87. The van der Waals surface area contributed by atoms with Crippen LogP contribution in [-0.4, -0.2) is 16.9 Å². The summed E-state index contributed by atoms with van der Waals surface area (Å²) in [5.74, 6) is 0.227. The van der Waals surface area contributed by atoms with Crippen LogP contribution in [0.3, 0.4) is 0 Å². The molecule has 1 aliphatic rings. The molecule has 1 aliphatic carbocycles. The molecular formula is C13H15ClN2OS. The van der Waals surface area contributed by atoms with Gasteiger partial charge in [0, 0.05) is 10.6 Å². The first-order valence-corrected chi connectivity index (χ1v) is 6.64. The molecule has 1 aromatic carbocycles. The molecule has 0 radical (unpaired) electrons. The third-order valence-corrected chi connectivity index (χ3v) is 3.62. The molecule has 3 nitrogen and oxygen atoms in total. The molecule has 18 heavy (non-hydrogen) atoms. The maximum Gasteiger partial charge on any atom is 0.252 e. The summed E-state index contributed by atoms with van der Waals surface area (Å²) in [4.78, 5) is 12.5. The van der Waals surface area contributed by atoms with Gasteiger partial charge in [-0.3, -0.25) is 4.79 Å². The molecule has 5 heteroatoms. The first-order chi connectivity index (χ1) is 8.49. The molecule has 96 valence electrons. The fourth-order valence-electron chi connectivity index (χ4n) is 1.91. The van der Waals surface area contributed by atoms with Crippen molar-refractivity contribution in [2.24, 2.45) is 11.7 Å². The Labute approximate surface area is 117 Å². The van der Waals surface area contributed by atoms with Gasteiger partial charge in [-0.25, -0.2) is 0 Å². The van der Waals surface area contributed by atoms with Crippen molar-refractivity contribution in [3.8, 4) is 0 Å². The van der Waals surface area contributed by atoms with Crippen LogP contribution < -0.4 is 11.1 Å². The summed E-state index contributed by atoms with van der Waals surface area (Å²) >= 11 is 10.9. The second-order valence-electron chi connectivity index (χ2n) is 4.65. The van der Waals surface area contributed by atoms with Gasteiger partial charge in [0.2, 0.25) is 0 Å². The standard InChI is InChI=1S/C13H15ClN2OS/c1-7-2-5-9(14)6-10(7)13(17)16-11(12(15)18)8-3-4-8/h2,5-6,8,11H,3-4H2,1H3,(H2,15,18)(H,16,17). The third kappa shape index (κ3) is 3.00. The van der Waals surface area contributed by atoms with E-state index in [1.54, 1.807) is 12.1 Å². The zero-order valence-corrected chi connectivity index (χ0v) is 11.6. The minimum atomic E-state index is -0.203. The predicted molar refractivity (Wildman–Crippen MR) is 77.0 cm³/mol. The lowest BCUT2D eigenvalue weighted by Gasteiger charge is -2.17. The van der Waals surface area contributed by atoms with Crippen LogP contribution in [0.15, 0.2) is 18.2 Å². The van der Waals surface area contributed by atoms with Crippen molar-refractivity contribution in [3.05, 3.63) is 34.3 Å². The number of nitrogens with two attached hydrogens (primary N) is 1. The van der Waals surface area contributed by atoms with Crippen LogP contribution in [0.1, 0.15) is 28.8 Å². The summed E-state index contributed by atoms with van der Waals surface area (Å²) in [6, 6.07) is 5.05. The average molecular weight is 283 g/mol. The number of hydrogen-bond acceptors (Lipinski definition) is 2. The number of nitrogens with one attached hydrogen (secondary N) is 1. The number of aryl methyl sites for hydroxylation is 1. The van der Waals surface area contributed by atoms with Crippen molar-refractivity contribution in [2.75, 3.05) is 0 Å². The Kier molecular flexibility index (Phi) is 3.88. The lowest BCUT2D eigenvalue weighted by molar-refractivity contribution is 0.0943. The number of carbonyl (C=O) groups is 1. The number of carbonyl (C=O) groups excluding carboxylic acids is 1. The Morgan fingerprint density at radius 1 is 1.56 bits per heavy atom. The molecule has 0 aliphatic heterocycles. The van der Waals surface area contributed by atoms with Crippen LogP contribution >= 0.6 is 23.8 Å². The van der Waals surface area contributed by atoms with Crippen LogP contribution in [0.25, 0.3) is 0 Å². The van der Waals surface area contributed by atoms with Gasteiger partial charge in [0.25, 0.3) is 5.91 Å². The molecule has 0 heterocycles. The maximum absolute atomic E-state index is 12.2. The van der Waals surface area contributed by atoms with Gasteiger partial charge in [-0.15, -0.1) is 0 Å². The first-order valence-electron chi connectivity index (χ1n) is 5.85. The second kappa shape index (κ2) is 5.24. The van der Waals surface area contributed by atoms with Gasteiger partial charge in [0.05, 0.1) is 11.0 Å². The number of thiocarbonyl (C=S) groups is 1. The molecule has 2 rings (SSSR count). The molecule has 1 aromatic rings. The van der Waals surface area contributed by atoms with Crippen molar-refractivity contribution in [1.82, 2.24) is 5.32 Å². The molecule has 0 saturated heterocycles. The van der Waals surface area contributed by atoms with E-state index < -0.39 is 0 Å². The van der Waals surface area contributed by atoms with Gasteiger partial charge in [-0.2, -0.15) is 0 Å². The minimum Gasteiger partial charge on any atom is -0.392 e. The Morgan fingerprint density at radius 3 is 2.78 bits per heavy atom. The van der Waals surface area contributed by atoms with E-state index in [0.717, 1.165) is 18.4 Å². The first kappa shape index (κ1) is 13.3. The molecular weight excluding hydrogens is 268 g/mol. The molecule has 1 atom stereocenters. The van der Waals surface area contributed by atoms with E-state index in [0.29, 0.717) is 21.5 Å². The maximum atomic E-state index is 12.2. The van der Waals surface area contributed by atoms with Crippen molar-refractivity contribution in [2.45, 2.75) is 25.8 Å². The van der Waals surface area contributed by atoms with E-state index in [2.05, 4.69) is 5.32 Å². The van der Waals surface area contributed by atoms with Crippen LogP contribution in [0, 0.1) is 12.8 Å². The van der Waals surface area contributed by atoms with Crippen LogP contribution in [0.2, 0.25) is 5.02 Å². The largest absolute Gasteiger partial charge is 0.392 e. The molecule has 1 saturated carbocycles. The van der Waals surface area contributed by atoms with Gasteiger partial charge in [0.1, 0.15) is 0 Å². The Hall–Kier alpha value is -1.13. The molecule has 1 amide bonds. The summed E-state index contributed by atoms with van der Waals surface area (Å²) < 4.78 is 0. The van der Waals surface area contributed by atoms with Crippen LogP contribution in [0.5, 0.6) is 0 Å². The minimum absolute atomic E-state index is 0.167. The highest BCUT2D eigenvalue weighted by atomic mass is 35.5. The van der Waals surface area contributed by atoms with Gasteiger partial charge in [-0.1, -0.05) is 29.9 Å². The normalized spacial score (nSPS) is 16.1. The smallest absolute Gasteiger partial charge is 0.252 e. The Bertz CT molecular complexity index is 500. The zero-order chi connectivity index (χ0) is 13.3. The summed E-state index contributed by atoms with van der Waals surface area (Å²) in [6.07, 6.45) is 2.13. The molecule has 1 unspecified atom stereocenters. The highest BCUT2D eigenvalue weighted by Crippen LogP contribution is 2.33. The molecule has 0 bridgehead atoms. The van der Waals surface area contributed by atoms with Crippen molar-refractivity contribution < 1.29 is 4.79 Å². The van der Waals surface area contributed by atoms with E-state index in [-0.39, 0.29) is 11.9 Å². The Balaban J connectivity index is 2.15. The SMILES string of the molecule is Cc1ccc(Cl)cc1C(=O)NC(C(N)=S)C1CC1. The summed E-state index contributed by atoms with van der Waals surface area (Å²) in [5.41, 5.74) is 7.12. The van der Waals surface area contributed by atoms with Crippen LogP contribution in [0.4, 0.5) is 0 Å². The predicted octanol–water partition coefficient (Wildman–Crippen LogP) is 2.44. The number of amides is 1. The average Bonchev–Trinajstić information content (AvgIpc) is 3.12. The van der Waals surface area contributed by atoms with Crippen molar-refractivity contribution in [3.63, 3.8) is 0 Å². The molecule has 0 aromatic heterocycles. The van der Waals surface area contributed by atoms with E-state index in [1.165, 1.54) is 0 Å². The third-order valence-electron chi connectivity index (χ3n) is 3.13. The number of halogens is 1. The second-order valence-corrected chi connectivity index (χ2v) is 5.56. The van der Waals surface area contributed by atoms with Gasteiger partial charge in [-0.05, 0) is 43.4 Å². The van der Waals surface area contributed by atoms with Gasteiger partial charge in [0.15, 0.2) is 0 Å². The fourth-order valence-corrected chi connectivity index (χ4v) is 2.33. The number of rotatable bonds is 4. The number of benzene rings is 1. The molecule has 3 N–H and O–H groups in total. The topological polar surface area (TPSA) is 55.1 Å². The highest BCUT2D eigenvalue weighted by Gasteiger charge is 2.34. The summed E-state index contributed by atoms with van der Waals surface area (Å²) in [7, 11) is 0. The number of hydrogen-bond donors (Lipinski definition) is 2. The highest BCUT2D eigenvalue weighted by molar-refractivity contribution is 7.80. The lowest BCUT2D eigenvalue weighted by Crippen LogP contribution is -2.45. The molecule has 1 fully saturated rings. The lowest BCUT2D eigenvalue weighted by atomic mass is 10.1. The fraction of sp³-hybridized carbons (Fsp3) is 0.385. The van der Waals surface area contributed by atoms with E-state index in [9.17, 15) is 4.79 Å². The van der Waals surface area contributed by atoms with Crippen LogP contribution in [-0.2, 0) is 0 Å². The monoisotopic (exact) mass is 282 g/mol.